The first-order valence-electron chi connectivity index (χ1n) is 18.1. The van der Waals surface area contributed by atoms with Crippen LogP contribution in [-0.2, 0) is 11.2 Å². The minimum Gasteiger partial charge on any atom is -0.481 e. The van der Waals surface area contributed by atoms with E-state index >= 15 is 0 Å². The number of allylic oxidation sites excluding steroid dienone is 1. The number of aliphatic carboxylic acids is 1. The molecule has 1 aromatic heterocycles. The summed E-state index contributed by atoms with van der Waals surface area (Å²) in [4.78, 5) is 16.5. The van der Waals surface area contributed by atoms with Crippen molar-refractivity contribution >= 4 is 11.8 Å². The molecule has 1 heterocycles. The Balaban J connectivity index is 1.28. The lowest BCUT2D eigenvalue weighted by Gasteiger charge is -2.43. The summed E-state index contributed by atoms with van der Waals surface area (Å²) in [5.41, 5.74) is 6.19. The van der Waals surface area contributed by atoms with E-state index < -0.39 is 23.6 Å². The molecule has 0 bridgehead atoms. The summed E-state index contributed by atoms with van der Waals surface area (Å²) < 4.78 is 0. The fourth-order valence-corrected chi connectivity index (χ4v) is 9.04. The quantitative estimate of drug-likeness (QED) is 0.0891. The zero-order valence-electron chi connectivity index (χ0n) is 27.8. The smallest absolute Gasteiger partial charge is 0.309 e. The lowest BCUT2D eigenvalue weighted by Crippen LogP contribution is -2.47. The third-order valence-electron chi connectivity index (χ3n) is 11.5. The zero-order chi connectivity index (χ0) is 32.4. The molecule has 2 saturated carbocycles. The first kappa shape index (κ1) is 35.8. The molecule has 0 saturated heterocycles. The van der Waals surface area contributed by atoms with Crippen LogP contribution in [-0.4, -0.2) is 62.3 Å². The number of rotatable bonds is 18. The summed E-state index contributed by atoms with van der Waals surface area (Å²) in [5, 5.41) is 47.7. The van der Waals surface area contributed by atoms with Crippen LogP contribution in [0.15, 0.2) is 30.5 Å². The second-order valence-corrected chi connectivity index (χ2v) is 14.7. The highest BCUT2D eigenvalue weighted by Crippen LogP contribution is 2.55. The molecule has 10 atom stereocenters. The molecule has 8 nitrogen and oxygen atoms in total. The minimum atomic E-state index is -0.966. The number of pyridine rings is 1. The van der Waals surface area contributed by atoms with E-state index in [0.29, 0.717) is 36.9 Å². The number of anilines is 1. The van der Waals surface area contributed by atoms with Gasteiger partial charge in [-0.3, -0.25) is 4.79 Å². The van der Waals surface area contributed by atoms with Crippen LogP contribution in [0.2, 0.25) is 0 Å². The van der Waals surface area contributed by atoms with Crippen LogP contribution in [0.4, 0.5) is 5.82 Å². The van der Waals surface area contributed by atoms with Gasteiger partial charge in [0.05, 0.1) is 23.7 Å². The Bertz CT molecular complexity index is 1080. The number of nitrogens with two attached hydrogens (primary N) is 1. The van der Waals surface area contributed by atoms with Gasteiger partial charge < -0.3 is 31.5 Å². The van der Waals surface area contributed by atoms with Crippen molar-refractivity contribution in [3.63, 3.8) is 0 Å². The number of carbonyl (C=O) groups is 1. The maximum atomic E-state index is 12.3. The van der Waals surface area contributed by atoms with Crippen molar-refractivity contribution in [2.75, 3.05) is 18.8 Å². The summed E-state index contributed by atoms with van der Waals surface area (Å²) in [7, 11) is 0. The fraction of sp³-hybridized carbons (Fsp3) is 0.784. The van der Waals surface area contributed by atoms with Crippen molar-refractivity contribution < 1.29 is 25.2 Å². The van der Waals surface area contributed by atoms with Crippen LogP contribution in [0.3, 0.4) is 0 Å². The number of carboxylic acid groups (broad SMARTS) is 1. The number of hydrogen-bond donors (Lipinski definition) is 6. The Kier molecular flexibility index (Phi) is 13.7. The average Bonchev–Trinajstić information content (AvgIpc) is 3.28. The molecule has 0 spiro atoms. The zero-order valence-corrected chi connectivity index (χ0v) is 27.8. The van der Waals surface area contributed by atoms with E-state index in [1.54, 1.807) is 6.20 Å². The van der Waals surface area contributed by atoms with Crippen molar-refractivity contribution in [3.05, 3.63) is 36.0 Å². The molecular formula is C37H61N3O5. The molecule has 1 aromatic rings. The van der Waals surface area contributed by atoms with Crippen LogP contribution >= 0.6 is 0 Å². The van der Waals surface area contributed by atoms with E-state index in [0.717, 1.165) is 76.4 Å². The van der Waals surface area contributed by atoms with Gasteiger partial charge in [0.15, 0.2) is 0 Å². The average molecular weight is 628 g/mol. The molecule has 3 aliphatic carbocycles. The third-order valence-corrected chi connectivity index (χ3v) is 11.5. The first-order chi connectivity index (χ1) is 21.6. The maximum Gasteiger partial charge on any atom is 0.309 e. The number of nitrogen functional groups attached to an aromatic ring is 1. The molecule has 7 N–H and O–H groups in total. The van der Waals surface area contributed by atoms with Gasteiger partial charge in [-0.2, -0.15) is 0 Å². The largest absolute Gasteiger partial charge is 0.481 e. The summed E-state index contributed by atoms with van der Waals surface area (Å²) in [6, 6.07) is 3.93. The molecule has 0 radical (unpaired) electrons. The number of carboxylic acids is 1. The molecule has 0 amide bonds. The lowest BCUT2D eigenvalue weighted by molar-refractivity contribution is -0.151. The van der Waals surface area contributed by atoms with Crippen LogP contribution in [0.25, 0.3) is 0 Å². The fourth-order valence-electron chi connectivity index (χ4n) is 9.04. The van der Waals surface area contributed by atoms with Gasteiger partial charge in [0.2, 0.25) is 0 Å². The molecule has 0 aliphatic heterocycles. The van der Waals surface area contributed by atoms with Crippen molar-refractivity contribution in [2.45, 2.75) is 128 Å². The topological polar surface area (TPSA) is 149 Å². The van der Waals surface area contributed by atoms with E-state index in [9.17, 15) is 25.2 Å². The number of aliphatic hydroxyl groups excluding tert-OH is 2. The predicted octanol–water partition coefficient (Wildman–Crippen LogP) is 5.75. The molecule has 4 rings (SSSR count). The van der Waals surface area contributed by atoms with Crippen molar-refractivity contribution in [2.24, 2.45) is 41.4 Å². The van der Waals surface area contributed by atoms with E-state index in [1.807, 2.05) is 12.1 Å². The molecular weight excluding hydrogens is 566 g/mol. The van der Waals surface area contributed by atoms with E-state index in [-0.39, 0.29) is 29.8 Å². The van der Waals surface area contributed by atoms with Gasteiger partial charge in [0, 0.05) is 12.1 Å². The highest BCUT2D eigenvalue weighted by molar-refractivity contribution is 5.70. The number of fused-ring (bicyclic) bond motifs is 1. The summed E-state index contributed by atoms with van der Waals surface area (Å²) in [6.07, 6.45) is 18.1. The second-order valence-electron chi connectivity index (χ2n) is 14.7. The summed E-state index contributed by atoms with van der Waals surface area (Å²) in [6.45, 7) is 6.01. The van der Waals surface area contributed by atoms with E-state index in [1.165, 1.54) is 19.3 Å². The Labute approximate surface area is 271 Å². The SMILES string of the molecule is CCCCCC1C=CC(CCCCCC(C(=O)O)C(O)C2CCC3C(Cc4ccnc(N)c4)C(CNCC)CC3(O)C2)C(O)C1. The molecule has 3 aliphatic rings. The minimum absolute atomic E-state index is 0.109. The van der Waals surface area contributed by atoms with Crippen LogP contribution in [0, 0.1) is 41.4 Å². The highest BCUT2D eigenvalue weighted by Gasteiger charge is 2.55. The van der Waals surface area contributed by atoms with Gasteiger partial charge in [0.25, 0.3) is 0 Å². The van der Waals surface area contributed by atoms with Gasteiger partial charge >= 0.3 is 5.97 Å². The number of hydrogen-bond acceptors (Lipinski definition) is 7. The highest BCUT2D eigenvalue weighted by atomic mass is 16.4. The van der Waals surface area contributed by atoms with Gasteiger partial charge in [0.1, 0.15) is 5.82 Å². The van der Waals surface area contributed by atoms with Crippen molar-refractivity contribution in [1.29, 1.82) is 0 Å². The predicted molar refractivity (Wildman–Crippen MR) is 179 cm³/mol. The molecule has 8 heteroatoms. The van der Waals surface area contributed by atoms with Gasteiger partial charge in [-0.1, -0.05) is 64.5 Å². The van der Waals surface area contributed by atoms with E-state index in [4.69, 9.17) is 5.73 Å². The Hall–Kier alpha value is -2.00. The number of nitrogens with one attached hydrogen (secondary N) is 1. The van der Waals surface area contributed by atoms with Crippen LogP contribution < -0.4 is 11.1 Å². The first-order valence-corrected chi connectivity index (χ1v) is 18.1. The van der Waals surface area contributed by atoms with Gasteiger partial charge in [-0.15, -0.1) is 0 Å². The van der Waals surface area contributed by atoms with Crippen LogP contribution in [0.5, 0.6) is 0 Å². The van der Waals surface area contributed by atoms with Crippen molar-refractivity contribution in [3.8, 4) is 0 Å². The molecule has 2 fully saturated rings. The normalized spacial score (nSPS) is 32.7. The molecule has 254 valence electrons. The Morgan fingerprint density at radius 1 is 1.11 bits per heavy atom. The Morgan fingerprint density at radius 2 is 1.91 bits per heavy atom. The summed E-state index contributed by atoms with van der Waals surface area (Å²) in [5.74, 6) is -0.123. The van der Waals surface area contributed by atoms with Crippen LogP contribution in [0.1, 0.15) is 109 Å². The third kappa shape index (κ3) is 9.75. The van der Waals surface area contributed by atoms with E-state index in [2.05, 4.69) is 36.3 Å². The molecule has 45 heavy (non-hydrogen) atoms. The maximum absolute atomic E-state index is 12.3. The standard InChI is InChI=1S/C37H61N3O5/c1-3-5-7-10-25-13-14-27(33(41)20-25)11-8-6-9-12-30(36(43)44)35(42)28-15-16-32-31(19-26-17-18-40-34(38)21-26)29(24-39-4-2)23-37(32,45)22-28/h13-14,17-18,21,25,27-33,35,39,41-42,45H,3-12,15-16,19-20,22-24H2,1-2H3,(H2,38,40)(H,43,44). The van der Waals surface area contributed by atoms with Gasteiger partial charge in [-0.25, -0.2) is 4.98 Å². The monoisotopic (exact) mass is 627 g/mol. The number of aromatic nitrogens is 1. The van der Waals surface area contributed by atoms with Crippen molar-refractivity contribution in [1.82, 2.24) is 10.3 Å². The molecule has 10 unspecified atom stereocenters. The number of nitrogens with zero attached hydrogens (tertiary/aromatic N) is 1. The second kappa shape index (κ2) is 17.2. The summed E-state index contributed by atoms with van der Waals surface area (Å²) >= 11 is 0. The van der Waals surface area contributed by atoms with Gasteiger partial charge in [-0.05, 0) is 118 Å². The number of unbranched alkanes of at least 4 members (excludes halogenated alkanes) is 4. The number of aliphatic hydroxyl groups is 3. The lowest BCUT2D eigenvalue weighted by atomic mass is 9.66. The molecule has 0 aromatic carbocycles. The Morgan fingerprint density at radius 3 is 2.62 bits per heavy atom.